The zero-order chi connectivity index (χ0) is 15.3. The summed E-state index contributed by atoms with van der Waals surface area (Å²) in [6.45, 7) is 6.60. The van der Waals surface area contributed by atoms with Gasteiger partial charge in [-0.05, 0) is 26.0 Å². The van der Waals surface area contributed by atoms with Crippen LogP contribution in [0.4, 0.5) is 5.69 Å². The minimum absolute atomic E-state index is 0.000685. The number of aliphatic hydroxyl groups is 1. The third-order valence-corrected chi connectivity index (χ3v) is 3.69. The molecule has 1 aliphatic rings. The van der Waals surface area contributed by atoms with E-state index >= 15 is 0 Å². The number of para-hydroxylation sites is 1. The smallest absolute Gasteiger partial charge is 0.231 e. The van der Waals surface area contributed by atoms with Gasteiger partial charge in [0.05, 0.1) is 24.7 Å². The molecule has 1 amide bonds. The van der Waals surface area contributed by atoms with Crippen LogP contribution >= 0.6 is 0 Å². The van der Waals surface area contributed by atoms with Gasteiger partial charge in [0.15, 0.2) is 0 Å². The van der Waals surface area contributed by atoms with Crippen molar-refractivity contribution in [2.24, 2.45) is 5.41 Å². The fourth-order valence-electron chi connectivity index (χ4n) is 2.49. The minimum atomic E-state index is -0.507. The van der Waals surface area contributed by atoms with Gasteiger partial charge in [-0.1, -0.05) is 18.2 Å². The maximum absolute atomic E-state index is 12.4. The first-order valence-corrected chi connectivity index (χ1v) is 7.32. The highest BCUT2D eigenvalue weighted by Gasteiger charge is 2.32. The van der Waals surface area contributed by atoms with Crippen LogP contribution in [-0.4, -0.2) is 54.9 Å². The molecule has 2 N–H and O–H groups in total. The number of nitrogens with zero attached hydrogens (tertiary/aromatic N) is 1. The molecule has 2 rings (SSSR count). The predicted octanol–water partition coefficient (Wildman–Crippen LogP) is 1.34. The maximum Gasteiger partial charge on any atom is 0.231 e. The van der Waals surface area contributed by atoms with E-state index in [-0.39, 0.29) is 18.6 Å². The fraction of sp³-hybridized carbons (Fsp3) is 0.562. The summed E-state index contributed by atoms with van der Waals surface area (Å²) >= 11 is 0. The lowest BCUT2D eigenvalue weighted by Crippen LogP contribution is -2.49. The van der Waals surface area contributed by atoms with Crippen LogP contribution < -0.4 is 5.32 Å². The number of amides is 1. The third kappa shape index (κ3) is 4.52. The number of hydrogen-bond donors (Lipinski definition) is 2. The quantitative estimate of drug-likeness (QED) is 0.860. The molecule has 1 atom stereocenters. The van der Waals surface area contributed by atoms with E-state index in [1.165, 1.54) is 0 Å². The predicted molar refractivity (Wildman–Crippen MR) is 82.1 cm³/mol. The van der Waals surface area contributed by atoms with Gasteiger partial charge in [0.2, 0.25) is 5.91 Å². The van der Waals surface area contributed by atoms with Gasteiger partial charge in [0, 0.05) is 25.3 Å². The van der Waals surface area contributed by atoms with E-state index in [0.29, 0.717) is 19.7 Å². The fourth-order valence-corrected chi connectivity index (χ4v) is 2.49. The molecule has 0 spiro atoms. The van der Waals surface area contributed by atoms with Crippen molar-refractivity contribution in [1.82, 2.24) is 4.90 Å². The molecule has 0 bridgehead atoms. The largest absolute Gasteiger partial charge is 0.394 e. The molecule has 0 aromatic heterocycles. The zero-order valence-electron chi connectivity index (χ0n) is 12.7. The van der Waals surface area contributed by atoms with Crippen LogP contribution in [0.2, 0.25) is 0 Å². The van der Waals surface area contributed by atoms with Gasteiger partial charge in [-0.3, -0.25) is 9.69 Å². The van der Waals surface area contributed by atoms with Crippen LogP contribution in [0.25, 0.3) is 0 Å². The Hall–Kier alpha value is -1.43. The lowest BCUT2D eigenvalue weighted by molar-refractivity contribution is -0.126. The molecule has 1 heterocycles. The summed E-state index contributed by atoms with van der Waals surface area (Å²) in [5, 5.41) is 12.1. The number of morpholine rings is 1. The first kappa shape index (κ1) is 15.9. The molecule has 1 saturated heterocycles. The molecular weight excluding hydrogens is 268 g/mol. The molecule has 5 heteroatoms. The van der Waals surface area contributed by atoms with Crippen LogP contribution in [0.3, 0.4) is 0 Å². The normalized spacial score (nSPS) is 20.2. The number of carbonyl (C=O) groups excluding carboxylic acids is 1. The van der Waals surface area contributed by atoms with Crippen LogP contribution in [0.5, 0.6) is 0 Å². The van der Waals surface area contributed by atoms with Gasteiger partial charge >= 0.3 is 0 Å². The highest BCUT2D eigenvalue weighted by molar-refractivity contribution is 5.94. The molecule has 1 aliphatic heterocycles. The van der Waals surface area contributed by atoms with Gasteiger partial charge < -0.3 is 15.2 Å². The molecule has 5 nitrogen and oxygen atoms in total. The monoisotopic (exact) mass is 292 g/mol. The molecule has 1 aromatic rings. The summed E-state index contributed by atoms with van der Waals surface area (Å²) in [7, 11) is 0. The van der Waals surface area contributed by atoms with Crippen molar-refractivity contribution in [3.8, 4) is 0 Å². The average Bonchev–Trinajstić information content (AvgIpc) is 2.48. The first-order chi connectivity index (χ1) is 10.0. The summed E-state index contributed by atoms with van der Waals surface area (Å²) in [6.07, 6.45) is -0.147. The van der Waals surface area contributed by atoms with E-state index in [1.54, 1.807) is 0 Å². The van der Waals surface area contributed by atoms with E-state index in [0.717, 1.165) is 12.2 Å². The van der Waals surface area contributed by atoms with Crippen molar-refractivity contribution in [3.05, 3.63) is 30.3 Å². The Balaban J connectivity index is 1.92. The number of carbonyl (C=O) groups is 1. The minimum Gasteiger partial charge on any atom is -0.394 e. The van der Waals surface area contributed by atoms with Crippen LogP contribution in [0.15, 0.2) is 30.3 Å². The number of rotatable bonds is 5. The standard InChI is InChI=1S/C16H24N2O3/c1-16(2,12-18-8-9-21-14(10-18)11-19)15(20)17-13-6-4-3-5-7-13/h3-7,14,19H,8-12H2,1-2H3,(H,17,20). The van der Waals surface area contributed by atoms with E-state index < -0.39 is 5.41 Å². The molecule has 21 heavy (non-hydrogen) atoms. The summed E-state index contributed by atoms with van der Waals surface area (Å²) in [5.41, 5.74) is 0.304. The van der Waals surface area contributed by atoms with Crippen molar-refractivity contribution >= 4 is 11.6 Å². The zero-order valence-corrected chi connectivity index (χ0v) is 12.7. The van der Waals surface area contributed by atoms with E-state index in [9.17, 15) is 9.90 Å². The molecule has 0 aliphatic carbocycles. The number of ether oxygens (including phenoxy) is 1. The topological polar surface area (TPSA) is 61.8 Å². The van der Waals surface area contributed by atoms with Crippen molar-refractivity contribution in [3.63, 3.8) is 0 Å². The van der Waals surface area contributed by atoms with Crippen molar-refractivity contribution in [2.45, 2.75) is 20.0 Å². The van der Waals surface area contributed by atoms with Crippen molar-refractivity contribution < 1.29 is 14.6 Å². The SMILES string of the molecule is CC(C)(CN1CCOC(CO)C1)C(=O)Nc1ccccc1. The number of anilines is 1. The average molecular weight is 292 g/mol. The third-order valence-electron chi connectivity index (χ3n) is 3.69. The van der Waals surface area contributed by atoms with Crippen molar-refractivity contribution in [2.75, 3.05) is 38.2 Å². The second-order valence-corrected chi connectivity index (χ2v) is 6.11. The molecule has 1 unspecified atom stereocenters. The molecule has 1 fully saturated rings. The Labute approximate surface area is 125 Å². The van der Waals surface area contributed by atoms with Gasteiger partial charge in [-0.2, -0.15) is 0 Å². The van der Waals surface area contributed by atoms with E-state index in [2.05, 4.69) is 10.2 Å². The number of aliphatic hydroxyl groups excluding tert-OH is 1. The van der Waals surface area contributed by atoms with Gasteiger partial charge in [-0.25, -0.2) is 0 Å². The number of nitrogens with one attached hydrogen (secondary N) is 1. The first-order valence-electron chi connectivity index (χ1n) is 7.32. The van der Waals surface area contributed by atoms with E-state index in [1.807, 2.05) is 44.2 Å². The second kappa shape index (κ2) is 7.02. The Bertz CT molecular complexity index is 462. The van der Waals surface area contributed by atoms with Gasteiger partial charge in [-0.15, -0.1) is 0 Å². The van der Waals surface area contributed by atoms with Crippen LogP contribution in [0, 0.1) is 5.41 Å². The lowest BCUT2D eigenvalue weighted by atomic mass is 9.91. The molecule has 0 saturated carbocycles. The number of hydrogen-bond acceptors (Lipinski definition) is 4. The molecular formula is C16H24N2O3. The molecule has 1 aromatic carbocycles. The lowest BCUT2D eigenvalue weighted by Gasteiger charge is -2.36. The molecule has 116 valence electrons. The Morgan fingerprint density at radius 1 is 1.43 bits per heavy atom. The Kier molecular flexibility index (Phi) is 5.33. The van der Waals surface area contributed by atoms with Crippen molar-refractivity contribution in [1.29, 1.82) is 0 Å². The second-order valence-electron chi connectivity index (χ2n) is 6.11. The summed E-state index contributed by atoms with van der Waals surface area (Å²) in [4.78, 5) is 14.6. The Morgan fingerprint density at radius 2 is 2.14 bits per heavy atom. The van der Waals surface area contributed by atoms with Gasteiger partial charge in [0.25, 0.3) is 0 Å². The highest BCUT2D eigenvalue weighted by Crippen LogP contribution is 2.21. The summed E-state index contributed by atoms with van der Waals surface area (Å²) in [6, 6.07) is 9.48. The summed E-state index contributed by atoms with van der Waals surface area (Å²) in [5.74, 6) is 0.000685. The van der Waals surface area contributed by atoms with Crippen LogP contribution in [0.1, 0.15) is 13.8 Å². The van der Waals surface area contributed by atoms with E-state index in [4.69, 9.17) is 4.74 Å². The number of benzene rings is 1. The highest BCUT2D eigenvalue weighted by atomic mass is 16.5. The molecule has 0 radical (unpaired) electrons. The van der Waals surface area contributed by atoms with Gasteiger partial charge in [0.1, 0.15) is 0 Å². The van der Waals surface area contributed by atoms with Crippen LogP contribution in [-0.2, 0) is 9.53 Å². The Morgan fingerprint density at radius 3 is 2.81 bits per heavy atom. The summed E-state index contributed by atoms with van der Waals surface area (Å²) < 4.78 is 5.44. The maximum atomic E-state index is 12.4.